The molecule has 1 N–H and O–H groups in total. The average Bonchev–Trinajstić information content (AvgIpc) is 2.30. The van der Waals surface area contributed by atoms with Crippen LogP contribution in [0.1, 0.15) is 22.4 Å². The molecule has 0 aliphatic carbocycles. The van der Waals surface area contributed by atoms with Crippen molar-refractivity contribution in [2.24, 2.45) is 0 Å². The lowest BCUT2D eigenvalue weighted by Crippen LogP contribution is -2.06. The number of nitrogens with one attached hydrogen (secondary N) is 1. The summed E-state index contributed by atoms with van der Waals surface area (Å²) in [6.45, 7) is 7.08. The van der Waals surface area contributed by atoms with Crippen LogP contribution in [0.3, 0.4) is 0 Å². The lowest BCUT2D eigenvalue weighted by molar-refractivity contribution is 1.01. The molecule has 0 radical (unpaired) electrons. The second-order valence-corrected chi connectivity index (χ2v) is 5.45. The van der Waals surface area contributed by atoms with Gasteiger partial charge in [0.05, 0.1) is 12.2 Å². The van der Waals surface area contributed by atoms with Crippen LogP contribution in [-0.4, -0.2) is 4.98 Å². The lowest BCUT2D eigenvalue weighted by Gasteiger charge is -2.14. The fourth-order valence-corrected chi connectivity index (χ4v) is 2.75. The van der Waals surface area contributed by atoms with Crippen LogP contribution >= 0.6 is 15.9 Å². The van der Waals surface area contributed by atoms with Crippen LogP contribution in [0.2, 0.25) is 0 Å². The first-order chi connectivity index (χ1) is 8.58. The molecule has 1 aromatic heterocycles. The Morgan fingerprint density at radius 2 is 1.78 bits per heavy atom. The summed E-state index contributed by atoms with van der Waals surface area (Å²) in [5.41, 5.74) is 6.01. The van der Waals surface area contributed by atoms with Gasteiger partial charge < -0.3 is 5.32 Å². The van der Waals surface area contributed by atoms with Gasteiger partial charge in [-0.1, -0.05) is 22.0 Å². The number of hydrogen-bond donors (Lipinski definition) is 1. The number of pyridine rings is 1. The third kappa shape index (κ3) is 2.91. The van der Waals surface area contributed by atoms with Gasteiger partial charge in [0.15, 0.2) is 0 Å². The maximum Gasteiger partial charge on any atom is 0.0623 e. The summed E-state index contributed by atoms with van der Waals surface area (Å²) in [6, 6.07) is 8.31. The molecule has 2 nitrogen and oxygen atoms in total. The smallest absolute Gasteiger partial charge is 0.0623 e. The second-order valence-electron chi connectivity index (χ2n) is 4.54. The van der Waals surface area contributed by atoms with E-state index in [0.717, 1.165) is 16.7 Å². The van der Waals surface area contributed by atoms with Crippen molar-refractivity contribution in [3.05, 3.63) is 57.3 Å². The van der Waals surface area contributed by atoms with E-state index in [4.69, 9.17) is 0 Å². The molecule has 3 heteroatoms. The van der Waals surface area contributed by atoms with Crippen molar-refractivity contribution in [3.63, 3.8) is 0 Å². The largest absolute Gasteiger partial charge is 0.379 e. The summed E-state index contributed by atoms with van der Waals surface area (Å²) in [7, 11) is 0. The van der Waals surface area contributed by atoms with Crippen molar-refractivity contribution < 1.29 is 0 Å². The summed E-state index contributed by atoms with van der Waals surface area (Å²) in [4.78, 5) is 4.40. The van der Waals surface area contributed by atoms with E-state index in [-0.39, 0.29) is 0 Å². The molecule has 0 atom stereocenters. The fraction of sp³-hybridized carbons (Fsp3) is 0.267. The zero-order valence-corrected chi connectivity index (χ0v) is 12.5. The Bertz CT molecular complexity index is 541. The third-order valence-electron chi connectivity index (χ3n) is 3.05. The molecule has 0 unspecified atom stereocenters. The molecule has 0 aliphatic heterocycles. The standard InChI is InChI=1S/C15H17BrN2/c1-10-5-4-6-17-14(10)9-18-15-11(2)7-13(16)8-12(15)3/h4-8,18H,9H2,1-3H3. The molecule has 18 heavy (non-hydrogen) atoms. The molecule has 0 saturated heterocycles. The minimum Gasteiger partial charge on any atom is -0.379 e. The van der Waals surface area contributed by atoms with E-state index in [9.17, 15) is 0 Å². The number of anilines is 1. The summed E-state index contributed by atoms with van der Waals surface area (Å²) in [6.07, 6.45) is 1.84. The van der Waals surface area contributed by atoms with E-state index >= 15 is 0 Å². The number of halogens is 1. The highest BCUT2D eigenvalue weighted by molar-refractivity contribution is 9.10. The van der Waals surface area contributed by atoms with Crippen molar-refractivity contribution >= 4 is 21.6 Å². The van der Waals surface area contributed by atoms with E-state index in [2.05, 4.69) is 65.2 Å². The van der Waals surface area contributed by atoms with Gasteiger partial charge in [-0.15, -0.1) is 0 Å². The van der Waals surface area contributed by atoms with E-state index in [1.807, 2.05) is 12.3 Å². The first-order valence-corrected chi connectivity index (χ1v) is 6.78. The maximum atomic E-state index is 4.40. The van der Waals surface area contributed by atoms with Gasteiger partial charge in [-0.3, -0.25) is 4.98 Å². The molecular weight excluding hydrogens is 288 g/mol. The monoisotopic (exact) mass is 304 g/mol. The van der Waals surface area contributed by atoms with Gasteiger partial charge in [-0.25, -0.2) is 0 Å². The first kappa shape index (κ1) is 13.1. The van der Waals surface area contributed by atoms with Crippen LogP contribution in [0, 0.1) is 20.8 Å². The quantitative estimate of drug-likeness (QED) is 0.910. The topological polar surface area (TPSA) is 24.9 Å². The molecule has 0 fully saturated rings. The Kier molecular flexibility index (Phi) is 4.02. The highest BCUT2D eigenvalue weighted by Gasteiger charge is 2.05. The first-order valence-electron chi connectivity index (χ1n) is 5.99. The molecule has 2 aromatic rings. The summed E-state index contributed by atoms with van der Waals surface area (Å²) < 4.78 is 1.12. The highest BCUT2D eigenvalue weighted by Crippen LogP contribution is 2.25. The molecule has 0 saturated carbocycles. The third-order valence-corrected chi connectivity index (χ3v) is 3.51. The lowest BCUT2D eigenvalue weighted by atomic mass is 10.1. The van der Waals surface area contributed by atoms with Crippen LogP contribution in [0.15, 0.2) is 34.9 Å². The van der Waals surface area contributed by atoms with Crippen molar-refractivity contribution in [1.29, 1.82) is 0 Å². The minimum atomic E-state index is 0.760. The Morgan fingerprint density at radius 3 is 2.39 bits per heavy atom. The van der Waals surface area contributed by atoms with E-state index in [1.54, 1.807) is 0 Å². The van der Waals surface area contributed by atoms with Crippen molar-refractivity contribution in [3.8, 4) is 0 Å². The Morgan fingerprint density at radius 1 is 1.11 bits per heavy atom. The van der Waals surface area contributed by atoms with Crippen LogP contribution in [0.25, 0.3) is 0 Å². The Balaban J connectivity index is 2.19. The van der Waals surface area contributed by atoms with Crippen LogP contribution < -0.4 is 5.32 Å². The number of hydrogen-bond acceptors (Lipinski definition) is 2. The van der Waals surface area contributed by atoms with Gasteiger partial charge >= 0.3 is 0 Å². The van der Waals surface area contributed by atoms with E-state index in [0.29, 0.717) is 0 Å². The van der Waals surface area contributed by atoms with Crippen molar-refractivity contribution in [2.75, 3.05) is 5.32 Å². The minimum absolute atomic E-state index is 0.760. The number of aryl methyl sites for hydroxylation is 3. The molecule has 2 rings (SSSR count). The summed E-state index contributed by atoms with van der Waals surface area (Å²) >= 11 is 3.51. The van der Waals surface area contributed by atoms with Gasteiger partial charge in [0.25, 0.3) is 0 Å². The highest BCUT2D eigenvalue weighted by atomic mass is 79.9. The predicted molar refractivity (Wildman–Crippen MR) is 79.9 cm³/mol. The van der Waals surface area contributed by atoms with Crippen molar-refractivity contribution in [2.45, 2.75) is 27.3 Å². The van der Waals surface area contributed by atoms with Gasteiger partial charge in [0.1, 0.15) is 0 Å². The SMILES string of the molecule is Cc1cccnc1CNc1c(C)cc(Br)cc1C. The molecule has 0 amide bonds. The summed E-state index contributed by atoms with van der Waals surface area (Å²) in [5, 5.41) is 3.48. The molecule has 0 aliphatic rings. The normalized spacial score (nSPS) is 10.4. The van der Waals surface area contributed by atoms with Gasteiger partial charge in [-0.05, 0) is 55.7 Å². The van der Waals surface area contributed by atoms with E-state index in [1.165, 1.54) is 22.4 Å². The van der Waals surface area contributed by atoms with Gasteiger partial charge in [-0.2, -0.15) is 0 Å². The summed E-state index contributed by atoms with van der Waals surface area (Å²) in [5.74, 6) is 0. The van der Waals surface area contributed by atoms with Crippen LogP contribution in [0.4, 0.5) is 5.69 Å². The van der Waals surface area contributed by atoms with Crippen LogP contribution in [0.5, 0.6) is 0 Å². The molecule has 1 heterocycles. The second kappa shape index (κ2) is 5.53. The Labute approximate surface area is 117 Å². The predicted octanol–water partition coefficient (Wildman–Crippen LogP) is 4.38. The zero-order chi connectivity index (χ0) is 13.1. The molecule has 0 bridgehead atoms. The van der Waals surface area contributed by atoms with Gasteiger partial charge in [0.2, 0.25) is 0 Å². The molecule has 0 spiro atoms. The maximum absolute atomic E-state index is 4.40. The number of aromatic nitrogens is 1. The number of benzene rings is 1. The molecule has 94 valence electrons. The zero-order valence-electron chi connectivity index (χ0n) is 10.9. The van der Waals surface area contributed by atoms with Crippen molar-refractivity contribution in [1.82, 2.24) is 4.98 Å². The van der Waals surface area contributed by atoms with Crippen LogP contribution in [-0.2, 0) is 6.54 Å². The number of rotatable bonds is 3. The fourth-order valence-electron chi connectivity index (χ4n) is 2.07. The Hall–Kier alpha value is -1.35. The van der Waals surface area contributed by atoms with E-state index < -0.39 is 0 Å². The molecule has 1 aromatic carbocycles. The van der Waals surface area contributed by atoms with Gasteiger partial charge in [0, 0.05) is 16.4 Å². The average molecular weight is 305 g/mol. The number of nitrogens with zero attached hydrogens (tertiary/aromatic N) is 1. The molecular formula is C15H17BrN2.